The molecule has 0 aliphatic carbocycles. The lowest BCUT2D eigenvalue weighted by atomic mass is 10.2. The quantitative estimate of drug-likeness (QED) is 0.304. The molecule has 8 nitrogen and oxygen atoms in total. The molecule has 0 unspecified atom stereocenters. The smallest absolute Gasteiger partial charge is 0.289 e. The normalized spacial score (nSPS) is 13.3. The van der Waals surface area contributed by atoms with Gasteiger partial charge in [-0.3, -0.25) is 14.9 Å². The molecule has 194 valence electrons. The van der Waals surface area contributed by atoms with Crippen molar-refractivity contribution < 1.29 is 18.7 Å². The van der Waals surface area contributed by atoms with Crippen molar-refractivity contribution in [2.75, 3.05) is 43.5 Å². The zero-order valence-corrected chi connectivity index (χ0v) is 23.0. The Kier molecular flexibility index (Phi) is 7.62. The van der Waals surface area contributed by atoms with E-state index in [0.717, 1.165) is 22.3 Å². The van der Waals surface area contributed by atoms with Gasteiger partial charge < -0.3 is 24.3 Å². The van der Waals surface area contributed by atoms with Crippen LogP contribution in [-0.2, 0) is 0 Å². The molecule has 2 N–H and O–H groups in total. The van der Waals surface area contributed by atoms with E-state index in [0.29, 0.717) is 47.7 Å². The number of piperazine rings is 1. The van der Waals surface area contributed by atoms with Crippen LogP contribution in [0.4, 0.5) is 11.4 Å². The molecule has 1 aliphatic rings. The number of furan rings is 1. The summed E-state index contributed by atoms with van der Waals surface area (Å²) in [5, 5.41) is 6.86. The summed E-state index contributed by atoms with van der Waals surface area (Å²) in [4.78, 5) is 29.5. The van der Waals surface area contributed by atoms with E-state index in [1.165, 1.54) is 0 Å². The molecule has 0 bridgehead atoms. The summed E-state index contributed by atoms with van der Waals surface area (Å²) in [5.41, 5.74) is 2.98. The first-order valence-corrected chi connectivity index (χ1v) is 13.2. The van der Waals surface area contributed by atoms with E-state index in [1.54, 1.807) is 31.4 Å². The van der Waals surface area contributed by atoms with Crippen LogP contribution in [0.25, 0.3) is 11.0 Å². The van der Waals surface area contributed by atoms with Crippen LogP contribution in [0.3, 0.4) is 0 Å². The van der Waals surface area contributed by atoms with Gasteiger partial charge in [0.2, 0.25) is 0 Å². The third kappa shape index (κ3) is 5.66. The van der Waals surface area contributed by atoms with Gasteiger partial charge in [-0.15, -0.1) is 0 Å². The molecule has 1 saturated heterocycles. The molecule has 5 rings (SSSR count). The van der Waals surface area contributed by atoms with E-state index >= 15 is 0 Å². The molecule has 0 radical (unpaired) electrons. The minimum atomic E-state index is -0.322. The second-order valence-corrected chi connectivity index (χ2v) is 9.99. The SMILES string of the molecule is COc1ccc(C(=O)NC(=S)Nc2ccc(N3CCN(C(=O)c4cc5ccccc5o4)CC3)cc2)cc1Br. The fourth-order valence-corrected chi connectivity index (χ4v) is 5.06. The molecular weight excluding hydrogens is 568 g/mol. The summed E-state index contributed by atoms with van der Waals surface area (Å²) in [6, 6.07) is 22.3. The van der Waals surface area contributed by atoms with E-state index in [2.05, 4.69) is 31.5 Å². The Balaban J connectivity index is 1.13. The van der Waals surface area contributed by atoms with Crippen molar-refractivity contribution in [1.29, 1.82) is 0 Å². The molecule has 4 aromatic rings. The summed E-state index contributed by atoms with van der Waals surface area (Å²) < 4.78 is 11.6. The van der Waals surface area contributed by atoms with Crippen molar-refractivity contribution in [1.82, 2.24) is 10.2 Å². The molecule has 2 amide bonds. The Labute approximate surface area is 233 Å². The Morgan fingerprint density at radius 3 is 2.39 bits per heavy atom. The number of anilines is 2. The lowest BCUT2D eigenvalue weighted by molar-refractivity contribution is 0.0717. The number of ether oxygens (including phenoxy) is 1. The van der Waals surface area contributed by atoms with Crippen LogP contribution in [0, 0.1) is 0 Å². The minimum Gasteiger partial charge on any atom is -0.496 e. The summed E-state index contributed by atoms with van der Waals surface area (Å²) in [5.74, 6) is 0.606. The number of para-hydroxylation sites is 1. The van der Waals surface area contributed by atoms with Crippen LogP contribution in [0.1, 0.15) is 20.9 Å². The van der Waals surface area contributed by atoms with Crippen molar-refractivity contribution in [3.05, 3.63) is 88.6 Å². The number of halogens is 1. The number of thiocarbonyl (C=S) groups is 1. The maximum absolute atomic E-state index is 12.9. The first kappa shape index (κ1) is 25.7. The van der Waals surface area contributed by atoms with E-state index in [4.69, 9.17) is 21.4 Å². The van der Waals surface area contributed by atoms with E-state index < -0.39 is 0 Å². The topological polar surface area (TPSA) is 87.0 Å². The number of methoxy groups -OCH3 is 1. The van der Waals surface area contributed by atoms with Crippen molar-refractivity contribution in [3.8, 4) is 5.75 Å². The number of nitrogens with zero attached hydrogens (tertiary/aromatic N) is 2. The zero-order chi connectivity index (χ0) is 26.6. The number of hydrogen-bond donors (Lipinski definition) is 2. The summed E-state index contributed by atoms with van der Waals surface area (Å²) in [7, 11) is 1.56. The summed E-state index contributed by atoms with van der Waals surface area (Å²) in [6.07, 6.45) is 0. The van der Waals surface area contributed by atoms with Gasteiger partial charge in [0.05, 0.1) is 11.6 Å². The third-order valence-electron chi connectivity index (χ3n) is 6.33. The number of amides is 2. The van der Waals surface area contributed by atoms with Crippen molar-refractivity contribution in [2.45, 2.75) is 0 Å². The Bertz CT molecular complexity index is 1460. The molecule has 10 heteroatoms. The molecule has 0 saturated carbocycles. The predicted octanol–water partition coefficient (Wildman–Crippen LogP) is 5.29. The number of fused-ring (bicyclic) bond motifs is 1. The average Bonchev–Trinajstić information content (AvgIpc) is 3.37. The second kappa shape index (κ2) is 11.2. The van der Waals surface area contributed by atoms with Crippen molar-refractivity contribution in [3.63, 3.8) is 0 Å². The number of nitrogens with one attached hydrogen (secondary N) is 2. The van der Waals surface area contributed by atoms with E-state index in [-0.39, 0.29) is 16.9 Å². The largest absolute Gasteiger partial charge is 0.496 e. The number of benzene rings is 3. The minimum absolute atomic E-state index is 0.0852. The maximum Gasteiger partial charge on any atom is 0.289 e. The van der Waals surface area contributed by atoms with Gasteiger partial charge in [-0.25, -0.2) is 0 Å². The van der Waals surface area contributed by atoms with Crippen molar-refractivity contribution in [2.24, 2.45) is 0 Å². The van der Waals surface area contributed by atoms with E-state index in [1.807, 2.05) is 53.4 Å². The molecule has 38 heavy (non-hydrogen) atoms. The Hall–Kier alpha value is -3.89. The molecule has 2 heterocycles. The molecule has 0 atom stereocenters. The van der Waals surface area contributed by atoms with Crippen LogP contribution in [-0.4, -0.2) is 55.1 Å². The predicted molar refractivity (Wildman–Crippen MR) is 155 cm³/mol. The molecular formula is C28H25BrN4O4S. The van der Waals surface area contributed by atoms with Gasteiger partial charge in [0.15, 0.2) is 10.9 Å². The average molecular weight is 594 g/mol. The number of hydrogen-bond acceptors (Lipinski definition) is 6. The van der Waals surface area contributed by atoms with Gasteiger partial charge in [-0.2, -0.15) is 0 Å². The van der Waals surface area contributed by atoms with Gasteiger partial charge in [0.1, 0.15) is 11.3 Å². The van der Waals surface area contributed by atoms with Crippen LogP contribution < -0.4 is 20.3 Å². The number of carbonyl (C=O) groups is 2. The maximum atomic E-state index is 12.9. The van der Waals surface area contributed by atoms with Gasteiger partial charge in [0, 0.05) is 48.5 Å². The first-order valence-electron chi connectivity index (χ1n) is 12.0. The standard InChI is InChI=1S/C28H25BrN4O4S/c1-36-24-11-6-19(16-22(24)29)26(34)31-28(38)30-20-7-9-21(10-8-20)32-12-14-33(15-13-32)27(35)25-17-18-4-2-3-5-23(18)37-25/h2-11,16-17H,12-15H2,1H3,(H2,30,31,34,38). The highest BCUT2D eigenvalue weighted by Crippen LogP contribution is 2.26. The lowest BCUT2D eigenvalue weighted by Crippen LogP contribution is -2.48. The van der Waals surface area contributed by atoms with Gasteiger partial charge >= 0.3 is 0 Å². The fourth-order valence-electron chi connectivity index (χ4n) is 4.31. The van der Waals surface area contributed by atoms with Crippen LogP contribution in [0.2, 0.25) is 0 Å². The molecule has 1 fully saturated rings. The Morgan fingerprint density at radius 2 is 1.71 bits per heavy atom. The van der Waals surface area contributed by atoms with Crippen LogP contribution in [0.5, 0.6) is 5.75 Å². The Morgan fingerprint density at radius 1 is 0.974 bits per heavy atom. The zero-order valence-electron chi connectivity index (χ0n) is 20.6. The summed E-state index contributed by atoms with van der Waals surface area (Å²) in [6.45, 7) is 2.64. The van der Waals surface area contributed by atoms with Crippen LogP contribution >= 0.6 is 28.1 Å². The van der Waals surface area contributed by atoms with E-state index in [9.17, 15) is 9.59 Å². The van der Waals surface area contributed by atoms with Gasteiger partial charge in [-0.05, 0) is 82.7 Å². The monoisotopic (exact) mass is 592 g/mol. The highest BCUT2D eigenvalue weighted by atomic mass is 79.9. The molecule has 1 aliphatic heterocycles. The third-order valence-corrected chi connectivity index (χ3v) is 7.16. The molecule has 3 aromatic carbocycles. The number of carbonyl (C=O) groups excluding carboxylic acids is 2. The summed E-state index contributed by atoms with van der Waals surface area (Å²) >= 11 is 8.70. The first-order chi connectivity index (χ1) is 18.4. The van der Waals surface area contributed by atoms with Gasteiger partial charge in [0.25, 0.3) is 11.8 Å². The van der Waals surface area contributed by atoms with Crippen molar-refractivity contribution >= 4 is 67.4 Å². The molecule has 1 aromatic heterocycles. The second-order valence-electron chi connectivity index (χ2n) is 8.73. The highest BCUT2D eigenvalue weighted by Gasteiger charge is 2.24. The number of rotatable bonds is 5. The fraction of sp³-hybridized carbons (Fsp3) is 0.179. The van der Waals surface area contributed by atoms with Gasteiger partial charge in [-0.1, -0.05) is 18.2 Å². The molecule has 0 spiro atoms. The highest BCUT2D eigenvalue weighted by molar-refractivity contribution is 9.10. The van der Waals surface area contributed by atoms with Crippen LogP contribution in [0.15, 0.2) is 81.7 Å². The lowest BCUT2D eigenvalue weighted by Gasteiger charge is -2.35.